The Kier molecular flexibility index (Phi) is 2.49. The van der Waals surface area contributed by atoms with Gasteiger partial charge in [0.25, 0.3) is 0 Å². The lowest BCUT2D eigenvalue weighted by Gasteiger charge is -2.13. The Morgan fingerprint density at radius 2 is 2.12 bits per heavy atom. The summed E-state index contributed by atoms with van der Waals surface area (Å²) in [6.45, 7) is 2.66. The van der Waals surface area contributed by atoms with Crippen molar-refractivity contribution in [2.75, 3.05) is 5.73 Å². The Balaban J connectivity index is 1.77. The fourth-order valence-electron chi connectivity index (χ4n) is 2.27. The lowest BCUT2D eigenvalue weighted by Crippen LogP contribution is -2.16. The van der Waals surface area contributed by atoms with E-state index in [1.807, 2.05) is 24.3 Å². The number of nitrogens with two attached hydrogens (primary N) is 1. The molecule has 86 valence electrons. The van der Waals surface area contributed by atoms with Crippen molar-refractivity contribution in [3.8, 4) is 0 Å². The second-order valence-corrected chi connectivity index (χ2v) is 4.35. The van der Waals surface area contributed by atoms with Crippen molar-refractivity contribution in [3.63, 3.8) is 0 Å². The molecule has 4 nitrogen and oxygen atoms in total. The van der Waals surface area contributed by atoms with Crippen molar-refractivity contribution in [1.82, 2.24) is 15.1 Å². The highest BCUT2D eigenvalue weighted by atomic mass is 15.2. The monoisotopic (exact) mass is 226 g/mol. The molecule has 1 aliphatic heterocycles. The average molecular weight is 226 g/mol. The molecular formula is C13H14N4. The summed E-state index contributed by atoms with van der Waals surface area (Å²) in [7, 11) is 0. The fourth-order valence-corrected chi connectivity index (χ4v) is 2.27. The summed E-state index contributed by atoms with van der Waals surface area (Å²) in [5.74, 6) is 0. The van der Waals surface area contributed by atoms with Gasteiger partial charge in [0, 0.05) is 31.5 Å². The summed E-state index contributed by atoms with van der Waals surface area (Å²) < 4.78 is 0. The molecule has 0 atom stereocenters. The van der Waals surface area contributed by atoms with Gasteiger partial charge in [-0.1, -0.05) is 12.1 Å². The Hall–Kier alpha value is -1.94. The van der Waals surface area contributed by atoms with Crippen LogP contribution in [0.5, 0.6) is 0 Å². The normalized spacial score (nSPS) is 14.8. The summed E-state index contributed by atoms with van der Waals surface area (Å²) in [6.07, 6.45) is 1.69. The van der Waals surface area contributed by atoms with E-state index in [0.29, 0.717) is 0 Å². The molecule has 0 unspecified atom stereocenters. The molecule has 0 radical (unpaired) electrons. The predicted molar refractivity (Wildman–Crippen MR) is 65.8 cm³/mol. The van der Waals surface area contributed by atoms with Crippen LogP contribution in [0.3, 0.4) is 0 Å². The number of fused-ring (bicyclic) bond motifs is 1. The van der Waals surface area contributed by atoms with Crippen LogP contribution in [0.15, 0.2) is 36.5 Å². The molecule has 4 heteroatoms. The van der Waals surface area contributed by atoms with E-state index in [1.165, 1.54) is 11.1 Å². The van der Waals surface area contributed by atoms with E-state index in [4.69, 9.17) is 5.73 Å². The lowest BCUT2D eigenvalue weighted by molar-refractivity contribution is 0.271. The van der Waals surface area contributed by atoms with Gasteiger partial charge in [-0.25, -0.2) is 0 Å². The largest absolute Gasteiger partial charge is 0.398 e. The van der Waals surface area contributed by atoms with E-state index in [-0.39, 0.29) is 0 Å². The third-order valence-corrected chi connectivity index (χ3v) is 3.10. The minimum atomic E-state index is 0.821. The summed E-state index contributed by atoms with van der Waals surface area (Å²) >= 11 is 0. The third kappa shape index (κ3) is 1.99. The Morgan fingerprint density at radius 3 is 2.88 bits per heavy atom. The molecular weight excluding hydrogens is 212 g/mol. The van der Waals surface area contributed by atoms with Gasteiger partial charge in [0.15, 0.2) is 0 Å². The highest BCUT2D eigenvalue weighted by molar-refractivity contribution is 5.52. The first-order chi connectivity index (χ1) is 8.33. The van der Waals surface area contributed by atoms with Crippen molar-refractivity contribution in [3.05, 3.63) is 53.3 Å². The predicted octanol–water partition coefficient (Wildman–Crippen LogP) is 1.57. The maximum atomic E-state index is 5.97. The lowest BCUT2D eigenvalue weighted by atomic mass is 10.1. The van der Waals surface area contributed by atoms with Gasteiger partial charge in [0.2, 0.25) is 0 Å². The molecule has 0 saturated heterocycles. The Morgan fingerprint density at radius 1 is 1.18 bits per heavy atom. The molecule has 1 aromatic carbocycles. The van der Waals surface area contributed by atoms with Crippen molar-refractivity contribution >= 4 is 5.69 Å². The first-order valence-corrected chi connectivity index (χ1v) is 5.68. The zero-order valence-electron chi connectivity index (χ0n) is 9.50. The molecule has 2 aromatic rings. The van der Waals surface area contributed by atoms with Crippen molar-refractivity contribution in [2.45, 2.75) is 19.6 Å². The van der Waals surface area contributed by atoms with Crippen LogP contribution in [0.2, 0.25) is 0 Å². The van der Waals surface area contributed by atoms with E-state index < -0.39 is 0 Å². The van der Waals surface area contributed by atoms with Gasteiger partial charge in [-0.3, -0.25) is 4.90 Å². The first-order valence-electron chi connectivity index (χ1n) is 5.68. The summed E-state index contributed by atoms with van der Waals surface area (Å²) in [6, 6.07) is 10.0. The number of hydrogen-bond acceptors (Lipinski definition) is 4. The number of rotatable bonds is 2. The highest BCUT2D eigenvalue weighted by Gasteiger charge is 2.20. The molecule has 0 spiro atoms. The minimum Gasteiger partial charge on any atom is -0.398 e. The molecule has 0 saturated carbocycles. The van der Waals surface area contributed by atoms with Crippen LogP contribution in [0.25, 0.3) is 0 Å². The fraction of sp³-hybridized carbons (Fsp3) is 0.231. The van der Waals surface area contributed by atoms with Gasteiger partial charge in [-0.05, 0) is 29.3 Å². The molecule has 0 aliphatic carbocycles. The summed E-state index contributed by atoms with van der Waals surface area (Å²) in [4.78, 5) is 2.32. The Labute approximate surface area is 100 Å². The van der Waals surface area contributed by atoms with E-state index in [9.17, 15) is 0 Å². The van der Waals surface area contributed by atoms with Gasteiger partial charge in [0.05, 0.1) is 5.69 Å². The molecule has 17 heavy (non-hydrogen) atoms. The number of benzene rings is 1. The molecule has 1 aliphatic rings. The molecule has 0 amide bonds. The van der Waals surface area contributed by atoms with Crippen LogP contribution in [0.1, 0.15) is 16.8 Å². The molecule has 2 N–H and O–H groups in total. The number of anilines is 1. The van der Waals surface area contributed by atoms with Crippen molar-refractivity contribution in [1.29, 1.82) is 0 Å². The Bertz CT molecular complexity index is 524. The maximum absolute atomic E-state index is 5.97. The molecule has 0 bridgehead atoms. The number of aromatic nitrogens is 2. The average Bonchev–Trinajstić information content (AvgIpc) is 2.74. The van der Waals surface area contributed by atoms with Gasteiger partial charge in [-0.15, -0.1) is 0 Å². The zero-order chi connectivity index (χ0) is 11.7. The number of nitrogens with zero attached hydrogens (tertiary/aromatic N) is 3. The van der Waals surface area contributed by atoms with Gasteiger partial charge in [0.1, 0.15) is 0 Å². The van der Waals surface area contributed by atoms with Crippen LogP contribution < -0.4 is 5.73 Å². The van der Waals surface area contributed by atoms with Crippen LogP contribution in [-0.2, 0) is 19.6 Å². The number of hydrogen-bond donors (Lipinski definition) is 1. The summed E-state index contributed by atoms with van der Waals surface area (Å²) in [5.41, 5.74) is 10.5. The van der Waals surface area contributed by atoms with Crippen LogP contribution in [-0.4, -0.2) is 15.1 Å². The van der Waals surface area contributed by atoms with Gasteiger partial charge < -0.3 is 5.73 Å². The van der Waals surface area contributed by atoms with E-state index >= 15 is 0 Å². The highest BCUT2D eigenvalue weighted by Crippen LogP contribution is 2.28. The smallest absolute Gasteiger partial charge is 0.0771 e. The van der Waals surface area contributed by atoms with Crippen LogP contribution >= 0.6 is 0 Å². The van der Waals surface area contributed by atoms with E-state index in [0.717, 1.165) is 31.0 Å². The number of nitrogen functional groups attached to an aromatic ring is 1. The first kappa shape index (κ1) is 10.2. The standard InChI is InChI=1S/C13H14N4/c14-13-5-1-3-10-7-17(9-12(10)13)8-11-4-2-6-15-16-11/h1-6H,7-9,14H2. The SMILES string of the molecule is Nc1cccc2c1CN(Cc1cccnn1)C2. The topological polar surface area (TPSA) is 55.0 Å². The maximum Gasteiger partial charge on any atom is 0.0771 e. The molecule has 3 rings (SSSR count). The van der Waals surface area contributed by atoms with Crippen LogP contribution in [0.4, 0.5) is 5.69 Å². The second kappa shape index (κ2) is 4.14. The van der Waals surface area contributed by atoms with E-state index in [1.54, 1.807) is 6.20 Å². The zero-order valence-corrected chi connectivity index (χ0v) is 9.50. The minimum absolute atomic E-state index is 0.821. The molecule has 1 aromatic heterocycles. The van der Waals surface area contributed by atoms with E-state index in [2.05, 4.69) is 21.2 Å². The molecule has 2 heterocycles. The third-order valence-electron chi connectivity index (χ3n) is 3.10. The second-order valence-electron chi connectivity index (χ2n) is 4.35. The van der Waals surface area contributed by atoms with Crippen molar-refractivity contribution < 1.29 is 0 Å². The van der Waals surface area contributed by atoms with Crippen LogP contribution in [0, 0.1) is 0 Å². The van der Waals surface area contributed by atoms with Crippen molar-refractivity contribution in [2.24, 2.45) is 0 Å². The quantitative estimate of drug-likeness (QED) is 0.790. The van der Waals surface area contributed by atoms with Gasteiger partial charge in [-0.2, -0.15) is 10.2 Å². The summed E-state index contributed by atoms with van der Waals surface area (Å²) in [5, 5.41) is 8.00. The molecule has 0 fully saturated rings. The van der Waals surface area contributed by atoms with Gasteiger partial charge >= 0.3 is 0 Å².